The Hall–Kier alpha value is -1.74. The molecule has 0 fully saturated rings. The molecule has 3 heteroatoms. The minimum atomic E-state index is 0.640. The molecular formula is C7H5N3. The zero-order chi connectivity index (χ0) is 7.40. The molecule has 0 unspecified atom stereocenters. The van der Waals surface area contributed by atoms with Crippen LogP contribution in [0.25, 0.3) is 0 Å². The second-order valence-electron chi connectivity index (χ2n) is 1.74. The Labute approximate surface area is 58.7 Å². The third-order valence-corrected chi connectivity index (χ3v) is 1.07. The van der Waals surface area contributed by atoms with Crippen LogP contribution in [0.2, 0.25) is 0 Å². The van der Waals surface area contributed by atoms with Crippen LogP contribution in [-0.4, -0.2) is 9.97 Å². The van der Waals surface area contributed by atoms with E-state index in [1.165, 1.54) is 0 Å². The van der Waals surface area contributed by atoms with Crippen LogP contribution < -0.4 is 0 Å². The lowest BCUT2D eigenvalue weighted by molar-refractivity contribution is 1.25. The van der Waals surface area contributed by atoms with Crippen molar-refractivity contribution in [3.63, 3.8) is 0 Å². The van der Waals surface area contributed by atoms with Gasteiger partial charge in [-0.2, -0.15) is 5.26 Å². The lowest BCUT2D eigenvalue weighted by atomic mass is 10.3. The Kier molecular flexibility index (Phi) is 1.72. The summed E-state index contributed by atoms with van der Waals surface area (Å²) in [5.41, 5.74) is 1.53. The highest BCUT2D eigenvalue weighted by Crippen LogP contribution is 1.95. The van der Waals surface area contributed by atoms with Gasteiger partial charge >= 0.3 is 0 Å². The van der Waals surface area contributed by atoms with E-state index in [1.807, 2.05) is 6.92 Å². The Balaban J connectivity index is 2.97. The quantitative estimate of drug-likeness (QED) is 0.524. The zero-order valence-electron chi connectivity index (χ0n) is 5.47. The van der Waals surface area contributed by atoms with Gasteiger partial charge in [-0.05, 0) is 12.8 Å². The van der Waals surface area contributed by atoms with E-state index in [1.54, 1.807) is 12.4 Å². The third-order valence-electron chi connectivity index (χ3n) is 1.07. The van der Waals surface area contributed by atoms with Crippen molar-refractivity contribution < 1.29 is 0 Å². The number of aromatic amines is 1. The maximum atomic E-state index is 8.09. The van der Waals surface area contributed by atoms with Crippen molar-refractivity contribution in [3.8, 4) is 17.9 Å². The Morgan fingerprint density at radius 1 is 1.70 bits per heavy atom. The summed E-state index contributed by atoms with van der Waals surface area (Å²) in [6.07, 6.45) is 1.55. The van der Waals surface area contributed by atoms with Gasteiger partial charge in [0.2, 0.25) is 0 Å². The van der Waals surface area contributed by atoms with Gasteiger partial charge in [-0.25, -0.2) is 4.98 Å². The van der Waals surface area contributed by atoms with Crippen LogP contribution in [0.5, 0.6) is 0 Å². The van der Waals surface area contributed by atoms with Crippen molar-refractivity contribution in [3.05, 3.63) is 17.7 Å². The fourth-order valence-electron chi connectivity index (χ4n) is 0.572. The normalized spacial score (nSPS) is 7.60. The van der Waals surface area contributed by atoms with Crippen molar-refractivity contribution in [2.45, 2.75) is 6.92 Å². The molecule has 0 spiro atoms. The fraction of sp³-hybridized carbons (Fsp3) is 0.143. The molecule has 1 heterocycles. The first kappa shape index (κ1) is 6.38. The molecule has 0 bridgehead atoms. The molecule has 3 nitrogen and oxygen atoms in total. The Bertz CT molecular complexity index is 319. The molecule has 0 aromatic carbocycles. The number of hydrogen-bond donors (Lipinski definition) is 1. The molecule has 0 aliphatic heterocycles. The number of imidazole rings is 1. The largest absolute Gasteiger partial charge is 0.348 e. The van der Waals surface area contributed by atoms with Gasteiger partial charge in [0.1, 0.15) is 5.69 Å². The highest BCUT2D eigenvalue weighted by Gasteiger charge is 1.92. The van der Waals surface area contributed by atoms with Crippen LogP contribution in [0.1, 0.15) is 11.4 Å². The summed E-state index contributed by atoms with van der Waals surface area (Å²) in [5, 5.41) is 8.09. The lowest BCUT2D eigenvalue weighted by Crippen LogP contribution is -1.76. The monoisotopic (exact) mass is 131 g/mol. The molecule has 1 aromatic rings. The highest BCUT2D eigenvalue weighted by atomic mass is 14.9. The molecule has 0 amide bonds. The number of nitriles is 1. The SMILES string of the molecule is Cc1[nH]cnc1C#CC#N. The van der Waals surface area contributed by atoms with E-state index in [9.17, 15) is 0 Å². The maximum absolute atomic E-state index is 8.09. The van der Waals surface area contributed by atoms with Crippen LogP contribution >= 0.6 is 0 Å². The van der Waals surface area contributed by atoms with Crippen LogP contribution in [0.3, 0.4) is 0 Å². The van der Waals surface area contributed by atoms with Crippen molar-refractivity contribution in [2.75, 3.05) is 0 Å². The second kappa shape index (κ2) is 2.70. The maximum Gasteiger partial charge on any atom is 0.152 e. The smallest absolute Gasteiger partial charge is 0.152 e. The molecule has 0 saturated carbocycles. The van der Waals surface area contributed by atoms with E-state index in [0.717, 1.165) is 5.69 Å². The molecule has 0 aliphatic carbocycles. The lowest BCUT2D eigenvalue weighted by Gasteiger charge is -1.79. The van der Waals surface area contributed by atoms with Crippen molar-refractivity contribution >= 4 is 0 Å². The summed E-state index contributed by atoms with van der Waals surface area (Å²) in [5.74, 6) is 4.85. The first-order chi connectivity index (χ1) is 4.84. The molecule has 0 aliphatic rings. The van der Waals surface area contributed by atoms with E-state index in [0.29, 0.717) is 5.69 Å². The van der Waals surface area contributed by atoms with Gasteiger partial charge in [0.05, 0.1) is 6.33 Å². The van der Waals surface area contributed by atoms with E-state index in [2.05, 4.69) is 21.8 Å². The standard InChI is InChI=1S/C7H5N3/c1-6-7(3-2-4-8)10-5-9-6/h5H,1H3,(H,9,10). The van der Waals surface area contributed by atoms with Gasteiger partial charge in [-0.3, -0.25) is 0 Å². The third kappa shape index (κ3) is 1.15. The van der Waals surface area contributed by atoms with Crippen molar-refractivity contribution in [1.29, 1.82) is 5.26 Å². The summed E-state index contributed by atoms with van der Waals surface area (Å²) < 4.78 is 0. The second-order valence-corrected chi connectivity index (χ2v) is 1.74. The highest BCUT2D eigenvalue weighted by molar-refractivity contribution is 5.34. The minimum Gasteiger partial charge on any atom is -0.348 e. The molecule has 1 aromatic heterocycles. The number of aryl methyl sites for hydroxylation is 1. The molecule has 10 heavy (non-hydrogen) atoms. The Morgan fingerprint density at radius 3 is 3.00 bits per heavy atom. The summed E-state index contributed by atoms with van der Waals surface area (Å²) in [7, 11) is 0. The van der Waals surface area contributed by atoms with Gasteiger partial charge in [0, 0.05) is 11.6 Å². The molecule has 0 radical (unpaired) electrons. The predicted octanol–water partition coefficient (Wildman–Crippen LogP) is 0.593. The summed E-state index contributed by atoms with van der Waals surface area (Å²) in [6.45, 7) is 1.86. The average molecular weight is 131 g/mol. The molecule has 0 atom stereocenters. The van der Waals surface area contributed by atoms with Gasteiger partial charge in [-0.15, -0.1) is 0 Å². The zero-order valence-corrected chi connectivity index (χ0v) is 5.47. The number of nitrogens with zero attached hydrogens (tertiary/aromatic N) is 2. The first-order valence-electron chi connectivity index (χ1n) is 2.74. The van der Waals surface area contributed by atoms with Gasteiger partial charge in [0.15, 0.2) is 6.07 Å². The Morgan fingerprint density at radius 2 is 2.50 bits per heavy atom. The van der Waals surface area contributed by atoms with Gasteiger partial charge < -0.3 is 4.98 Å². The van der Waals surface area contributed by atoms with Crippen LogP contribution in [0, 0.1) is 30.1 Å². The number of rotatable bonds is 0. The number of H-pyrrole nitrogens is 1. The van der Waals surface area contributed by atoms with Crippen molar-refractivity contribution in [1.82, 2.24) is 9.97 Å². The minimum absolute atomic E-state index is 0.640. The van der Waals surface area contributed by atoms with Gasteiger partial charge in [0.25, 0.3) is 0 Å². The van der Waals surface area contributed by atoms with E-state index < -0.39 is 0 Å². The van der Waals surface area contributed by atoms with Crippen molar-refractivity contribution in [2.24, 2.45) is 0 Å². The predicted molar refractivity (Wildman–Crippen MR) is 35.8 cm³/mol. The van der Waals surface area contributed by atoms with Gasteiger partial charge in [-0.1, -0.05) is 0 Å². The average Bonchev–Trinajstić information content (AvgIpc) is 2.31. The van der Waals surface area contributed by atoms with Crippen LogP contribution in [0.4, 0.5) is 0 Å². The topological polar surface area (TPSA) is 52.5 Å². The molecule has 1 rings (SSSR count). The number of aromatic nitrogens is 2. The summed E-state index contributed by atoms with van der Waals surface area (Å²) in [6, 6.07) is 1.72. The fourth-order valence-corrected chi connectivity index (χ4v) is 0.572. The summed E-state index contributed by atoms with van der Waals surface area (Å²) >= 11 is 0. The number of nitrogens with one attached hydrogen (secondary N) is 1. The number of hydrogen-bond acceptors (Lipinski definition) is 2. The van der Waals surface area contributed by atoms with Crippen LogP contribution in [-0.2, 0) is 0 Å². The van der Waals surface area contributed by atoms with E-state index in [4.69, 9.17) is 5.26 Å². The van der Waals surface area contributed by atoms with Crippen LogP contribution in [0.15, 0.2) is 6.33 Å². The molecule has 48 valence electrons. The molecule has 1 N–H and O–H groups in total. The van der Waals surface area contributed by atoms with E-state index >= 15 is 0 Å². The first-order valence-corrected chi connectivity index (χ1v) is 2.74. The molecule has 0 saturated heterocycles. The molecular weight excluding hydrogens is 126 g/mol. The van der Waals surface area contributed by atoms with E-state index in [-0.39, 0.29) is 0 Å². The summed E-state index contributed by atoms with van der Waals surface area (Å²) in [4.78, 5) is 6.73.